The van der Waals surface area contributed by atoms with Crippen molar-refractivity contribution >= 4 is 39.5 Å². The summed E-state index contributed by atoms with van der Waals surface area (Å²) >= 11 is 0. The molecular weight excluding hydrogens is 1230 g/mol. The molecule has 6 atom stereocenters. The molecule has 19 heteroatoms. The number of esters is 4. The molecule has 0 aliphatic carbocycles. The van der Waals surface area contributed by atoms with Gasteiger partial charge in [0, 0.05) is 25.7 Å². The highest BCUT2D eigenvalue weighted by atomic mass is 31.2. The van der Waals surface area contributed by atoms with E-state index in [-0.39, 0.29) is 25.7 Å². The fourth-order valence-electron chi connectivity index (χ4n) is 10.9. The van der Waals surface area contributed by atoms with Crippen molar-refractivity contribution in [1.29, 1.82) is 0 Å². The van der Waals surface area contributed by atoms with Gasteiger partial charge in [0.15, 0.2) is 12.2 Å². The lowest BCUT2D eigenvalue weighted by molar-refractivity contribution is -0.161. The van der Waals surface area contributed by atoms with Gasteiger partial charge in [0.2, 0.25) is 0 Å². The van der Waals surface area contributed by atoms with Crippen LogP contribution in [0.1, 0.15) is 363 Å². The summed E-state index contributed by atoms with van der Waals surface area (Å²) in [4.78, 5) is 72.6. The predicted molar refractivity (Wildman–Crippen MR) is 381 cm³/mol. The minimum atomic E-state index is -4.96. The summed E-state index contributed by atoms with van der Waals surface area (Å²) in [5.41, 5.74) is 0. The van der Waals surface area contributed by atoms with Gasteiger partial charge in [-0.25, -0.2) is 9.13 Å². The molecular formula is C75H142O17P2. The normalized spacial score (nSPS) is 14.5. The Bertz CT molecular complexity index is 1920. The number of carbonyl (C=O) groups excluding carboxylic acids is 4. The summed E-state index contributed by atoms with van der Waals surface area (Å²) in [7, 11) is -9.92. The molecule has 0 saturated carbocycles. The van der Waals surface area contributed by atoms with E-state index in [4.69, 9.17) is 37.0 Å². The molecule has 0 aromatic heterocycles. The number of carbonyl (C=O) groups is 4. The standard InChI is InChI=1S/C75H142O17P2/c1-7-10-12-14-16-17-18-19-21-25-28-34-40-46-52-58-73(78)86-64-71(92-74(79)59-53-47-41-35-29-26-23-20-22-24-27-32-38-43-49-55-67(4)5)66-90-94(83,84)88-62-69(76)61-87-93(81,82)89-65-70(63-85-72(77)57-51-45-37-15-13-11-8-2)91-75(80)60-54-48-42-36-31-30-33-39-44-50-56-68(6)9-3/h17-19,21,67-71,76H,7-16,20,22-66H2,1-6H3,(H,81,82)(H,83,84)/b18-17-,21-19-/t68?,69-,70+,71+/m0/s1. The number of aliphatic hydroxyl groups excluding tert-OH is 1. The predicted octanol–water partition coefficient (Wildman–Crippen LogP) is 21.5. The van der Waals surface area contributed by atoms with Gasteiger partial charge in [-0.05, 0) is 63.2 Å². The zero-order valence-electron chi connectivity index (χ0n) is 60.7. The Hall–Kier alpha value is -2.46. The van der Waals surface area contributed by atoms with Crippen molar-refractivity contribution in [2.75, 3.05) is 39.6 Å². The Morgan fingerprint density at radius 2 is 0.628 bits per heavy atom. The van der Waals surface area contributed by atoms with Crippen LogP contribution in [0.15, 0.2) is 24.3 Å². The van der Waals surface area contributed by atoms with E-state index in [0.717, 1.165) is 134 Å². The van der Waals surface area contributed by atoms with Gasteiger partial charge in [-0.15, -0.1) is 0 Å². The Balaban J connectivity index is 5.24. The number of hydrogen-bond donors (Lipinski definition) is 3. The van der Waals surface area contributed by atoms with Gasteiger partial charge < -0.3 is 33.8 Å². The topological polar surface area (TPSA) is 237 Å². The van der Waals surface area contributed by atoms with Crippen molar-refractivity contribution in [1.82, 2.24) is 0 Å². The zero-order valence-corrected chi connectivity index (χ0v) is 62.5. The molecule has 17 nitrogen and oxygen atoms in total. The number of phosphoric ester groups is 2. The number of ether oxygens (including phenoxy) is 4. The summed E-state index contributed by atoms with van der Waals surface area (Å²) < 4.78 is 68.3. The molecule has 0 saturated heterocycles. The van der Waals surface area contributed by atoms with Crippen LogP contribution in [-0.4, -0.2) is 96.7 Å². The number of unbranched alkanes of at least 4 members (excludes halogenated alkanes) is 38. The molecule has 0 aliphatic heterocycles. The Kier molecular flexibility index (Phi) is 64.7. The molecule has 0 rings (SSSR count). The fraction of sp³-hybridized carbons (Fsp3) is 0.893. The number of rotatable bonds is 72. The molecule has 0 spiro atoms. The second kappa shape index (κ2) is 66.4. The van der Waals surface area contributed by atoms with E-state index in [2.05, 4.69) is 65.8 Å². The lowest BCUT2D eigenvalue weighted by Crippen LogP contribution is -2.30. The molecule has 3 unspecified atom stereocenters. The summed E-state index contributed by atoms with van der Waals surface area (Å²) in [6, 6.07) is 0. The van der Waals surface area contributed by atoms with Crippen molar-refractivity contribution in [3.8, 4) is 0 Å². The largest absolute Gasteiger partial charge is 0.472 e. The van der Waals surface area contributed by atoms with Gasteiger partial charge in [0.25, 0.3) is 0 Å². The second-order valence-corrected chi connectivity index (χ2v) is 30.0. The minimum absolute atomic E-state index is 0.101. The Morgan fingerprint density at radius 1 is 0.351 bits per heavy atom. The van der Waals surface area contributed by atoms with Crippen LogP contribution in [0.4, 0.5) is 0 Å². The van der Waals surface area contributed by atoms with E-state index in [1.165, 1.54) is 148 Å². The smallest absolute Gasteiger partial charge is 0.462 e. The van der Waals surface area contributed by atoms with Crippen LogP contribution in [0, 0.1) is 11.8 Å². The maximum Gasteiger partial charge on any atom is 0.472 e. The third kappa shape index (κ3) is 66.8. The van der Waals surface area contributed by atoms with Crippen molar-refractivity contribution in [3.05, 3.63) is 24.3 Å². The lowest BCUT2D eigenvalue weighted by Gasteiger charge is -2.21. The fourth-order valence-corrected chi connectivity index (χ4v) is 12.5. The summed E-state index contributed by atoms with van der Waals surface area (Å²) in [6.45, 7) is 9.53. The van der Waals surface area contributed by atoms with Gasteiger partial charge in [-0.3, -0.25) is 37.3 Å². The van der Waals surface area contributed by atoms with Crippen LogP contribution >= 0.6 is 15.6 Å². The number of allylic oxidation sites excluding steroid dienone is 4. The minimum Gasteiger partial charge on any atom is -0.462 e. The van der Waals surface area contributed by atoms with Crippen LogP contribution in [0.25, 0.3) is 0 Å². The first-order valence-electron chi connectivity index (χ1n) is 38.3. The van der Waals surface area contributed by atoms with Gasteiger partial charge >= 0.3 is 39.5 Å². The highest BCUT2D eigenvalue weighted by Gasteiger charge is 2.30. The average Bonchev–Trinajstić information content (AvgIpc) is 1.23. The highest BCUT2D eigenvalue weighted by Crippen LogP contribution is 2.45. The quantitative estimate of drug-likeness (QED) is 0.0169. The number of aliphatic hydroxyl groups is 1. The van der Waals surface area contributed by atoms with Crippen molar-refractivity contribution < 1.29 is 80.2 Å². The molecule has 3 N–H and O–H groups in total. The van der Waals surface area contributed by atoms with Crippen molar-refractivity contribution in [3.63, 3.8) is 0 Å². The molecule has 0 amide bonds. The maximum atomic E-state index is 13.1. The molecule has 0 radical (unpaired) electrons. The van der Waals surface area contributed by atoms with Gasteiger partial charge in [-0.2, -0.15) is 0 Å². The van der Waals surface area contributed by atoms with E-state index in [0.29, 0.717) is 25.7 Å². The maximum absolute atomic E-state index is 13.1. The lowest BCUT2D eigenvalue weighted by atomic mass is 9.99. The molecule has 0 aliphatic rings. The third-order valence-corrected chi connectivity index (χ3v) is 19.1. The Labute approximate surface area is 573 Å². The van der Waals surface area contributed by atoms with Crippen LogP contribution in [0.5, 0.6) is 0 Å². The SMILES string of the molecule is CCCCCC/C=C\C=C/CCCCCCCC(=O)OC[C@H](COP(=O)(O)OC[C@@H](O)COP(=O)(O)OC[C@@H](COC(=O)CCCCCCCCC)OC(=O)CCCCCCCCCCCCC(C)CC)OC(=O)CCCCCCCCCCCCCCCCCC(C)C. The van der Waals surface area contributed by atoms with E-state index in [9.17, 15) is 43.2 Å². The molecule has 0 aromatic rings. The molecule has 0 heterocycles. The first-order chi connectivity index (χ1) is 45.4. The molecule has 0 aromatic carbocycles. The first kappa shape index (κ1) is 91.5. The second-order valence-electron chi connectivity index (χ2n) is 27.1. The van der Waals surface area contributed by atoms with Gasteiger partial charge in [-0.1, -0.05) is 310 Å². The van der Waals surface area contributed by atoms with Gasteiger partial charge in [0.05, 0.1) is 26.4 Å². The summed E-state index contributed by atoms with van der Waals surface area (Å²) in [5, 5.41) is 10.6. The van der Waals surface area contributed by atoms with E-state index >= 15 is 0 Å². The highest BCUT2D eigenvalue weighted by molar-refractivity contribution is 7.47. The number of hydrogen-bond acceptors (Lipinski definition) is 15. The summed E-state index contributed by atoms with van der Waals surface area (Å²) in [5.74, 6) is -0.550. The van der Waals surface area contributed by atoms with Crippen LogP contribution in [0.3, 0.4) is 0 Å². The number of phosphoric acid groups is 2. The van der Waals surface area contributed by atoms with E-state index in [1.807, 2.05) is 0 Å². The van der Waals surface area contributed by atoms with Crippen LogP contribution in [0.2, 0.25) is 0 Å². The zero-order chi connectivity index (χ0) is 69.3. The monoisotopic (exact) mass is 1380 g/mol. The van der Waals surface area contributed by atoms with E-state index in [1.54, 1.807) is 0 Å². The molecule has 0 bridgehead atoms. The van der Waals surface area contributed by atoms with Crippen LogP contribution < -0.4 is 0 Å². The van der Waals surface area contributed by atoms with Crippen molar-refractivity contribution in [2.45, 2.75) is 381 Å². The molecule has 554 valence electrons. The first-order valence-corrected chi connectivity index (χ1v) is 41.3. The average molecular weight is 1380 g/mol. The van der Waals surface area contributed by atoms with Gasteiger partial charge in [0.1, 0.15) is 19.3 Å². The molecule has 94 heavy (non-hydrogen) atoms. The van der Waals surface area contributed by atoms with Crippen LogP contribution in [-0.2, 0) is 65.4 Å². The Morgan fingerprint density at radius 3 is 0.957 bits per heavy atom. The van der Waals surface area contributed by atoms with E-state index < -0.39 is 97.5 Å². The molecule has 0 fully saturated rings. The summed E-state index contributed by atoms with van der Waals surface area (Å²) in [6.07, 6.45) is 56.3. The third-order valence-electron chi connectivity index (χ3n) is 17.2. The van der Waals surface area contributed by atoms with Crippen molar-refractivity contribution in [2.24, 2.45) is 11.8 Å².